The Balaban J connectivity index is 2.96. The van der Waals surface area contributed by atoms with Gasteiger partial charge in [0.05, 0.1) is 13.7 Å². The van der Waals surface area contributed by atoms with Crippen LogP contribution in [0.4, 0.5) is 0 Å². The number of benzene rings is 1. The van der Waals surface area contributed by atoms with Gasteiger partial charge in [-0.05, 0) is 32.0 Å². The summed E-state index contributed by atoms with van der Waals surface area (Å²) in [4.78, 5) is 2.73. The first-order valence-corrected chi connectivity index (χ1v) is 7.10. The number of nitrogens with zero attached hydrogens (tertiary/aromatic N) is 1. The van der Waals surface area contributed by atoms with Crippen LogP contribution in [0.5, 0.6) is 5.75 Å². The molecule has 0 aliphatic carbocycles. The first kappa shape index (κ1) is 16.9. The number of ether oxygens (including phenoxy) is 2. The standard InChI is InChI=1S/C15H24N2O2S/c1-11(2)17(7-8-18-3)10-13-9-12(15(16)20)5-6-14(13)19-4/h5-6,9,11H,7-8,10H2,1-4H3,(H2,16,20). The van der Waals surface area contributed by atoms with Crippen LogP contribution in [0.25, 0.3) is 0 Å². The highest BCUT2D eigenvalue weighted by Crippen LogP contribution is 2.22. The van der Waals surface area contributed by atoms with Gasteiger partial charge in [-0.25, -0.2) is 0 Å². The zero-order valence-electron chi connectivity index (χ0n) is 12.7. The summed E-state index contributed by atoms with van der Waals surface area (Å²) in [6.07, 6.45) is 0. The van der Waals surface area contributed by atoms with E-state index in [0.717, 1.165) is 30.0 Å². The van der Waals surface area contributed by atoms with Gasteiger partial charge in [0.1, 0.15) is 10.7 Å². The van der Waals surface area contributed by atoms with Crippen molar-refractivity contribution in [2.75, 3.05) is 27.4 Å². The molecule has 0 spiro atoms. The Bertz CT molecular complexity index is 449. The average molecular weight is 296 g/mol. The van der Waals surface area contributed by atoms with E-state index < -0.39 is 0 Å². The maximum atomic E-state index is 5.70. The minimum Gasteiger partial charge on any atom is -0.496 e. The Kier molecular flexibility index (Phi) is 6.91. The SMILES string of the molecule is COCCN(Cc1cc(C(N)=S)ccc1OC)C(C)C. The van der Waals surface area contributed by atoms with E-state index in [1.54, 1.807) is 14.2 Å². The predicted octanol–water partition coefficient (Wildman–Crippen LogP) is 2.19. The van der Waals surface area contributed by atoms with Gasteiger partial charge in [-0.15, -0.1) is 0 Å². The normalized spacial score (nSPS) is 11.1. The van der Waals surface area contributed by atoms with Crippen LogP contribution in [0.2, 0.25) is 0 Å². The fourth-order valence-corrected chi connectivity index (χ4v) is 2.13. The van der Waals surface area contributed by atoms with Crippen LogP contribution < -0.4 is 10.5 Å². The molecular formula is C15H24N2O2S. The zero-order valence-corrected chi connectivity index (χ0v) is 13.5. The van der Waals surface area contributed by atoms with Crippen molar-refractivity contribution >= 4 is 17.2 Å². The largest absolute Gasteiger partial charge is 0.496 e. The van der Waals surface area contributed by atoms with Gasteiger partial charge in [0.25, 0.3) is 0 Å². The van der Waals surface area contributed by atoms with Crippen LogP contribution >= 0.6 is 12.2 Å². The molecule has 0 heterocycles. The molecule has 0 fully saturated rings. The fourth-order valence-electron chi connectivity index (χ4n) is 2.00. The molecule has 1 rings (SSSR count). The third-order valence-corrected chi connectivity index (χ3v) is 3.49. The minimum atomic E-state index is 0.405. The fraction of sp³-hybridized carbons (Fsp3) is 0.533. The van der Waals surface area contributed by atoms with E-state index in [1.165, 1.54) is 0 Å². The van der Waals surface area contributed by atoms with E-state index in [2.05, 4.69) is 18.7 Å². The summed E-state index contributed by atoms with van der Waals surface area (Å²) in [7, 11) is 3.39. The first-order valence-electron chi connectivity index (χ1n) is 6.69. The summed E-state index contributed by atoms with van der Waals surface area (Å²) in [6, 6.07) is 6.23. The second-order valence-electron chi connectivity index (χ2n) is 4.95. The Morgan fingerprint density at radius 2 is 2.05 bits per heavy atom. The highest BCUT2D eigenvalue weighted by atomic mass is 32.1. The summed E-state index contributed by atoms with van der Waals surface area (Å²) < 4.78 is 10.6. The van der Waals surface area contributed by atoms with Crippen LogP contribution in [-0.2, 0) is 11.3 Å². The molecule has 0 aliphatic rings. The molecule has 0 bridgehead atoms. The Labute approximate surface area is 126 Å². The Hall–Kier alpha value is -1.17. The molecule has 0 amide bonds. The molecule has 0 atom stereocenters. The molecular weight excluding hydrogens is 272 g/mol. The molecule has 1 aromatic rings. The van der Waals surface area contributed by atoms with Gasteiger partial charge >= 0.3 is 0 Å². The summed E-state index contributed by atoms with van der Waals surface area (Å²) in [5.41, 5.74) is 7.65. The third kappa shape index (κ3) is 4.74. The molecule has 1 aromatic carbocycles. The van der Waals surface area contributed by atoms with Crippen LogP contribution in [0.3, 0.4) is 0 Å². The van der Waals surface area contributed by atoms with Crippen molar-refractivity contribution in [2.45, 2.75) is 26.4 Å². The molecule has 0 aliphatic heterocycles. The molecule has 20 heavy (non-hydrogen) atoms. The second-order valence-corrected chi connectivity index (χ2v) is 5.39. The van der Waals surface area contributed by atoms with Crippen LogP contribution in [0.1, 0.15) is 25.0 Å². The van der Waals surface area contributed by atoms with Crippen molar-refractivity contribution in [2.24, 2.45) is 5.73 Å². The van der Waals surface area contributed by atoms with E-state index in [9.17, 15) is 0 Å². The number of hydrogen-bond donors (Lipinski definition) is 1. The van der Waals surface area contributed by atoms with Gasteiger partial charge < -0.3 is 15.2 Å². The molecule has 0 saturated heterocycles. The Morgan fingerprint density at radius 3 is 2.55 bits per heavy atom. The summed E-state index contributed by atoms with van der Waals surface area (Å²) in [5, 5.41) is 0. The van der Waals surface area contributed by atoms with Crippen molar-refractivity contribution in [1.82, 2.24) is 4.90 Å². The van der Waals surface area contributed by atoms with Gasteiger partial charge in [-0.1, -0.05) is 12.2 Å². The van der Waals surface area contributed by atoms with Gasteiger partial charge in [0.15, 0.2) is 0 Å². The highest BCUT2D eigenvalue weighted by Gasteiger charge is 2.14. The van der Waals surface area contributed by atoms with Crippen molar-refractivity contribution in [3.63, 3.8) is 0 Å². The van der Waals surface area contributed by atoms with Crippen LogP contribution in [-0.4, -0.2) is 43.3 Å². The summed E-state index contributed by atoms with van der Waals surface area (Å²) >= 11 is 5.04. The van der Waals surface area contributed by atoms with E-state index in [0.29, 0.717) is 17.6 Å². The minimum absolute atomic E-state index is 0.405. The molecule has 5 heteroatoms. The molecule has 2 N–H and O–H groups in total. The first-order chi connectivity index (χ1) is 9.49. The average Bonchev–Trinajstić information content (AvgIpc) is 2.42. The number of rotatable bonds is 8. The van der Waals surface area contributed by atoms with E-state index in [-0.39, 0.29) is 0 Å². The monoisotopic (exact) mass is 296 g/mol. The lowest BCUT2D eigenvalue weighted by molar-refractivity contribution is 0.124. The van der Waals surface area contributed by atoms with E-state index in [1.807, 2.05) is 18.2 Å². The van der Waals surface area contributed by atoms with Gasteiger partial charge in [-0.3, -0.25) is 4.90 Å². The summed E-state index contributed by atoms with van der Waals surface area (Å²) in [5.74, 6) is 0.855. The van der Waals surface area contributed by atoms with Crippen molar-refractivity contribution < 1.29 is 9.47 Å². The summed E-state index contributed by atoms with van der Waals surface area (Å²) in [6.45, 7) is 6.68. The molecule has 0 aromatic heterocycles. The number of nitrogens with two attached hydrogens (primary N) is 1. The van der Waals surface area contributed by atoms with Gasteiger partial charge in [0.2, 0.25) is 0 Å². The van der Waals surface area contributed by atoms with Crippen LogP contribution in [0, 0.1) is 0 Å². The smallest absolute Gasteiger partial charge is 0.123 e. The second kappa shape index (κ2) is 8.19. The number of hydrogen-bond acceptors (Lipinski definition) is 4. The Morgan fingerprint density at radius 1 is 1.35 bits per heavy atom. The molecule has 0 saturated carbocycles. The maximum absolute atomic E-state index is 5.70. The zero-order chi connectivity index (χ0) is 15.1. The number of methoxy groups -OCH3 is 2. The van der Waals surface area contributed by atoms with Crippen molar-refractivity contribution in [1.29, 1.82) is 0 Å². The highest BCUT2D eigenvalue weighted by molar-refractivity contribution is 7.80. The van der Waals surface area contributed by atoms with Crippen molar-refractivity contribution in [3.8, 4) is 5.75 Å². The van der Waals surface area contributed by atoms with Gasteiger partial charge in [-0.2, -0.15) is 0 Å². The van der Waals surface area contributed by atoms with Crippen molar-refractivity contribution in [3.05, 3.63) is 29.3 Å². The molecule has 112 valence electrons. The predicted molar refractivity (Wildman–Crippen MR) is 86.3 cm³/mol. The quantitative estimate of drug-likeness (QED) is 0.745. The maximum Gasteiger partial charge on any atom is 0.123 e. The third-order valence-electron chi connectivity index (χ3n) is 3.25. The lowest BCUT2D eigenvalue weighted by atomic mass is 10.1. The van der Waals surface area contributed by atoms with E-state index >= 15 is 0 Å². The molecule has 0 radical (unpaired) electrons. The lowest BCUT2D eigenvalue weighted by Crippen LogP contribution is -2.33. The lowest BCUT2D eigenvalue weighted by Gasteiger charge is -2.27. The van der Waals surface area contributed by atoms with Crippen LogP contribution in [0.15, 0.2) is 18.2 Å². The molecule has 4 nitrogen and oxygen atoms in total. The van der Waals surface area contributed by atoms with Gasteiger partial charge in [0, 0.05) is 37.4 Å². The van der Waals surface area contributed by atoms with E-state index in [4.69, 9.17) is 27.4 Å². The number of thiocarbonyl (C=S) groups is 1. The molecule has 0 unspecified atom stereocenters. The topological polar surface area (TPSA) is 47.7 Å².